The lowest BCUT2D eigenvalue weighted by molar-refractivity contribution is 0.854. The summed E-state index contributed by atoms with van der Waals surface area (Å²) in [5, 5.41) is 0. The van der Waals surface area contributed by atoms with Crippen LogP contribution in [0.25, 0.3) is 0 Å². The molecule has 15 heavy (non-hydrogen) atoms. The average Bonchev–Trinajstić information content (AvgIpc) is 2.27. The smallest absolute Gasteiger partial charge is 0.152 e. The molecule has 0 unspecified atom stereocenters. The van der Waals surface area contributed by atoms with E-state index in [9.17, 15) is 0 Å². The van der Waals surface area contributed by atoms with Crippen molar-refractivity contribution in [3.63, 3.8) is 0 Å². The van der Waals surface area contributed by atoms with Gasteiger partial charge in [0.1, 0.15) is 6.34 Å². The fourth-order valence-corrected chi connectivity index (χ4v) is 1.05. The van der Waals surface area contributed by atoms with Crippen molar-refractivity contribution in [3.8, 4) is 0 Å². The summed E-state index contributed by atoms with van der Waals surface area (Å²) in [7, 11) is 0. The van der Waals surface area contributed by atoms with Gasteiger partial charge in [-0.2, -0.15) is 0 Å². The van der Waals surface area contributed by atoms with Gasteiger partial charge in [-0.3, -0.25) is 0 Å². The molecule has 0 aromatic rings. The van der Waals surface area contributed by atoms with Gasteiger partial charge in [0.15, 0.2) is 5.84 Å². The second-order valence-corrected chi connectivity index (χ2v) is 3.01. The first-order valence-electron chi connectivity index (χ1n) is 5.15. The summed E-state index contributed by atoms with van der Waals surface area (Å²) in [6.45, 7) is 7.89. The third-order valence-corrected chi connectivity index (χ3v) is 1.86. The topological polar surface area (TPSA) is 62.8 Å². The molecular weight excluding hydrogens is 188 g/mol. The minimum atomic E-state index is 0.551. The molecule has 84 valence electrons. The molecule has 0 aliphatic rings. The van der Waals surface area contributed by atoms with E-state index in [-0.39, 0.29) is 0 Å². The number of hydrogen-bond donors (Lipinski definition) is 2. The van der Waals surface area contributed by atoms with Gasteiger partial charge in [-0.15, -0.1) is 0 Å². The Morgan fingerprint density at radius 1 is 1.47 bits per heavy atom. The molecule has 0 aliphatic heterocycles. The first-order chi connectivity index (χ1) is 7.28. The number of hydrogen-bond acceptors (Lipinski definition) is 2. The standard InChI is InChI=1S/C11H20N4/c1-4-7-10(5-2)8-13-11(6-3)14-9-15-12/h6,8-9H,3-5,7,12H2,1-2H3,(H,13,14,15)/b10-8-. The number of rotatable bonds is 6. The van der Waals surface area contributed by atoms with Gasteiger partial charge in [0, 0.05) is 6.20 Å². The molecule has 0 aliphatic carbocycles. The van der Waals surface area contributed by atoms with Crippen molar-refractivity contribution in [2.75, 3.05) is 0 Å². The van der Waals surface area contributed by atoms with Gasteiger partial charge in [-0.1, -0.05) is 32.4 Å². The van der Waals surface area contributed by atoms with Crippen LogP contribution in [0.3, 0.4) is 0 Å². The monoisotopic (exact) mass is 208 g/mol. The Morgan fingerprint density at radius 2 is 2.20 bits per heavy atom. The Balaban J connectivity index is 4.53. The highest BCUT2D eigenvalue weighted by atomic mass is 15.2. The molecule has 0 amide bonds. The zero-order valence-electron chi connectivity index (χ0n) is 9.53. The third-order valence-electron chi connectivity index (χ3n) is 1.86. The molecule has 0 spiro atoms. The van der Waals surface area contributed by atoms with Gasteiger partial charge >= 0.3 is 0 Å². The number of nitrogens with one attached hydrogen (secondary N) is 1. The molecular formula is C11H20N4. The first-order valence-corrected chi connectivity index (χ1v) is 5.15. The van der Waals surface area contributed by atoms with Crippen LogP contribution in [0.2, 0.25) is 0 Å². The molecule has 0 fully saturated rings. The van der Waals surface area contributed by atoms with Gasteiger partial charge in [0.25, 0.3) is 0 Å². The molecule has 4 nitrogen and oxygen atoms in total. The first kappa shape index (κ1) is 13.6. The van der Waals surface area contributed by atoms with Crippen molar-refractivity contribution >= 4 is 12.2 Å². The van der Waals surface area contributed by atoms with Gasteiger partial charge < -0.3 is 5.43 Å². The lowest BCUT2D eigenvalue weighted by atomic mass is 10.1. The van der Waals surface area contributed by atoms with E-state index in [1.807, 2.05) is 6.20 Å². The predicted molar refractivity (Wildman–Crippen MR) is 66.7 cm³/mol. The lowest BCUT2D eigenvalue weighted by Crippen LogP contribution is -2.19. The number of nitrogens with zero attached hydrogens (tertiary/aromatic N) is 2. The van der Waals surface area contributed by atoms with Crippen LogP contribution in [-0.2, 0) is 0 Å². The van der Waals surface area contributed by atoms with E-state index >= 15 is 0 Å². The Morgan fingerprint density at radius 3 is 2.67 bits per heavy atom. The van der Waals surface area contributed by atoms with Crippen molar-refractivity contribution in [1.82, 2.24) is 5.43 Å². The minimum Gasteiger partial charge on any atom is -0.315 e. The zero-order valence-corrected chi connectivity index (χ0v) is 9.53. The van der Waals surface area contributed by atoms with Crippen LogP contribution in [0.15, 0.2) is 34.4 Å². The lowest BCUT2D eigenvalue weighted by Gasteiger charge is -1.99. The summed E-state index contributed by atoms with van der Waals surface area (Å²) in [6, 6.07) is 0. The van der Waals surface area contributed by atoms with Gasteiger partial charge in [0.05, 0.1) is 0 Å². The Hall–Kier alpha value is -1.42. The summed E-state index contributed by atoms with van der Waals surface area (Å²) < 4.78 is 0. The second kappa shape index (κ2) is 9.15. The Kier molecular flexibility index (Phi) is 8.28. The molecule has 3 N–H and O–H groups in total. The van der Waals surface area contributed by atoms with Gasteiger partial charge in [0.2, 0.25) is 0 Å². The zero-order chi connectivity index (χ0) is 11.5. The molecule has 0 atom stereocenters. The maximum Gasteiger partial charge on any atom is 0.152 e. The van der Waals surface area contributed by atoms with Crippen molar-refractivity contribution in [2.24, 2.45) is 15.8 Å². The van der Waals surface area contributed by atoms with E-state index in [0.29, 0.717) is 5.84 Å². The van der Waals surface area contributed by atoms with Crippen molar-refractivity contribution in [2.45, 2.75) is 33.1 Å². The van der Waals surface area contributed by atoms with Crippen LogP contribution in [0.4, 0.5) is 0 Å². The quantitative estimate of drug-likeness (QED) is 0.304. The van der Waals surface area contributed by atoms with E-state index in [2.05, 4.69) is 35.8 Å². The highest BCUT2D eigenvalue weighted by molar-refractivity contribution is 5.97. The molecule has 0 aromatic carbocycles. The number of allylic oxidation sites excluding steroid dienone is 1. The fraction of sp³-hybridized carbons (Fsp3) is 0.455. The fourth-order valence-electron chi connectivity index (χ4n) is 1.05. The van der Waals surface area contributed by atoms with E-state index in [4.69, 9.17) is 5.84 Å². The third kappa shape index (κ3) is 6.62. The summed E-state index contributed by atoms with van der Waals surface area (Å²) >= 11 is 0. The minimum absolute atomic E-state index is 0.551. The second-order valence-electron chi connectivity index (χ2n) is 3.01. The Labute approximate surface area is 91.7 Å². The number of aliphatic imine (C=N–C) groups is 2. The van der Waals surface area contributed by atoms with Gasteiger partial charge in [-0.05, 0) is 18.9 Å². The molecule has 0 rings (SSSR count). The number of amidine groups is 1. The summed E-state index contributed by atoms with van der Waals surface area (Å²) in [5.41, 5.74) is 3.63. The maximum absolute atomic E-state index is 5.06. The molecule has 0 aromatic heterocycles. The molecule has 0 heterocycles. The van der Waals surface area contributed by atoms with Gasteiger partial charge in [-0.25, -0.2) is 15.8 Å². The average molecular weight is 208 g/mol. The van der Waals surface area contributed by atoms with E-state index in [1.165, 1.54) is 11.9 Å². The van der Waals surface area contributed by atoms with Crippen LogP contribution in [0, 0.1) is 0 Å². The highest BCUT2D eigenvalue weighted by Gasteiger charge is 1.91. The molecule has 0 bridgehead atoms. The maximum atomic E-state index is 5.06. The SMILES string of the molecule is C=CC(N=CNN)=N/C=C(/CC)CCC. The Bertz CT molecular complexity index is 264. The molecule has 0 saturated heterocycles. The number of nitrogens with two attached hydrogens (primary N) is 1. The van der Waals surface area contributed by atoms with Crippen molar-refractivity contribution in [3.05, 3.63) is 24.4 Å². The number of hydrazine groups is 1. The van der Waals surface area contributed by atoms with Crippen LogP contribution < -0.4 is 11.3 Å². The van der Waals surface area contributed by atoms with Crippen LogP contribution >= 0.6 is 0 Å². The van der Waals surface area contributed by atoms with Crippen molar-refractivity contribution < 1.29 is 0 Å². The van der Waals surface area contributed by atoms with Crippen LogP contribution in [0.1, 0.15) is 33.1 Å². The van der Waals surface area contributed by atoms with E-state index < -0.39 is 0 Å². The van der Waals surface area contributed by atoms with Crippen molar-refractivity contribution in [1.29, 1.82) is 0 Å². The highest BCUT2D eigenvalue weighted by Crippen LogP contribution is 2.08. The summed E-state index contributed by atoms with van der Waals surface area (Å²) in [4.78, 5) is 8.17. The van der Waals surface area contributed by atoms with E-state index in [0.717, 1.165) is 19.3 Å². The normalized spacial score (nSPS) is 13.3. The summed E-state index contributed by atoms with van der Waals surface area (Å²) in [6.07, 6.45) is 8.04. The molecule has 4 heteroatoms. The van der Waals surface area contributed by atoms with Crippen LogP contribution in [-0.4, -0.2) is 12.2 Å². The van der Waals surface area contributed by atoms with Crippen LogP contribution in [0.5, 0.6) is 0 Å². The molecule has 0 radical (unpaired) electrons. The molecule has 0 saturated carbocycles. The predicted octanol–water partition coefficient (Wildman–Crippen LogP) is 2.16. The summed E-state index contributed by atoms with van der Waals surface area (Å²) in [5.74, 6) is 5.61. The largest absolute Gasteiger partial charge is 0.315 e. The van der Waals surface area contributed by atoms with E-state index in [1.54, 1.807) is 6.08 Å².